The molecule has 22 saturated carbocycles. The molecule has 0 aliphatic heterocycles. The summed E-state index contributed by atoms with van der Waals surface area (Å²) in [5.41, 5.74) is 19.1. The molecule has 0 saturated heterocycles. The molecule has 132 valence electrons. The summed E-state index contributed by atoms with van der Waals surface area (Å²) in [7, 11) is -0.657. The first kappa shape index (κ1) is 9.18. The third-order valence-electron chi connectivity index (χ3n) is 23.4. The van der Waals surface area contributed by atoms with Crippen LogP contribution in [0.5, 0.6) is 0 Å². The highest BCUT2D eigenvalue weighted by Crippen LogP contribution is 3.79. The number of hydrogen-bond donors (Lipinski definition) is 0. The molecule has 0 heterocycles. The SMILES string of the molecule is C1C2C13C21C32C13C14C56C7C(O[SiH2]OC8C9C8%10C98C%109C8%10C8%11C%12%13C%14CC%14%12C%138C9%11%10)C75C61C234. The van der Waals surface area contributed by atoms with Crippen LogP contribution >= 0.6 is 0 Å². The summed E-state index contributed by atoms with van der Waals surface area (Å²) in [5, 5.41) is 0. The Balaban J connectivity index is 0.624. The fraction of sp³-hybridized carbons (Fsp3) is 1.00. The molecule has 0 aromatic carbocycles. The van der Waals surface area contributed by atoms with Gasteiger partial charge in [-0.05, 0) is 89.7 Å². The lowest BCUT2D eigenvalue weighted by Crippen LogP contribution is -2.24. The predicted octanol–water partition coefficient (Wildman–Crippen LogP) is 0.0550. The van der Waals surface area contributed by atoms with Crippen LogP contribution in [0, 0.1) is 121 Å². The summed E-state index contributed by atoms with van der Waals surface area (Å²) >= 11 is 0. The first-order valence-corrected chi connectivity index (χ1v) is 14.8. The first-order valence-electron chi connectivity index (χ1n) is 13.6. The van der Waals surface area contributed by atoms with Crippen LogP contribution in [0.25, 0.3) is 0 Å². The van der Waals surface area contributed by atoms with E-state index >= 15 is 0 Å². The van der Waals surface area contributed by atoms with E-state index in [1.807, 2.05) is 0 Å². The van der Waals surface area contributed by atoms with Gasteiger partial charge in [0, 0.05) is 44.3 Å². The Bertz CT molecular complexity index is 1730. The van der Waals surface area contributed by atoms with E-state index in [0.29, 0.717) is 0 Å². The normalized spacial score (nSPS) is 145. The average molecular weight is 384 g/mol. The van der Waals surface area contributed by atoms with Gasteiger partial charge in [0.1, 0.15) is 0 Å². The Labute approximate surface area is 165 Å². The molecule has 22 rings (SSSR count). The molecular weight excluding hydrogens is 372 g/mol. The van der Waals surface area contributed by atoms with Crippen molar-refractivity contribution in [2.75, 3.05) is 0 Å². The van der Waals surface area contributed by atoms with Crippen LogP contribution in [0.4, 0.5) is 0 Å². The molecule has 0 radical (unpaired) electrons. The van der Waals surface area contributed by atoms with Gasteiger partial charge in [0.05, 0.1) is 12.2 Å². The van der Waals surface area contributed by atoms with E-state index < -0.39 is 10.0 Å². The second-order valence-corrected chi connectivity index (χ2v) is 19.1. The quantitative estimate of drug-likeness (QED) is 0.638. The molecule has 24 unspecified atom stereocenters. The molecule has 18 spiro atoms. The van der Waals surface area contributed by atoms with Gasteiger partial charge in [0.15, 0.2) is 0 Å². The topological polar surface area (TPSA) is 18.5 Å². The van der Waals surface area contributed by atoms with E-state index in [-0.39, 0.29) is 0 Å². The maximum atomic E-state index is 6.61. The minimum atomic E-state index is -0.657. The van der Waals surface area contributed by atoms with E-state index in [9.17, 15) is 0 Å². The van der Waals surface area contributed by atoms with Crippen LogP contribution in [0.15, 0.2) is 0 Å². The molecule has 29 heavy (non-hydrogen) atoms. The van der Waals surface area contributed by atoms with Crippen molar-refractivity contribution in [1.82, 2.24) is 0 Å². The Morgan fingerprint density at radius 2 is 1.00 bits per heavy atom. The van der Waals surface area contributed by atoms with Crippen LogP contribution in [0.3, 0.4) is 0 Å². The molecule has 22 fully saturated rings. The lowest BCUT2D eigenvalue weighted by molar-refractivity contribution is 0.115. The summed E-state index contributed by atoms with van der Waals surface area (Å²) < 4.78 is 13.2. The van der Waals surface area contributed by atoms with Crippen molar-refractivity contribution >= 4 is 10.0 Å². The van der Waals surface area contributed by atoms with Crippen LogP contribution in [0.1, 0.15) is 12.8 Å². The first-order chi connectivity index (χ1) is 14.4. The van der Waals surface area contributed by atoms with Crippen molar-refractivity contribution < 1.29 is 8.85 Å². The fourth-order valence-electron chi connectivity index (χ4n) is 26.5. The van der Waals surface area contributed by atoms with E-state index in [0.717, 1.165) is 122 Å². The van der Waals surface area contributed by atoms with E-state index in [2.05, 4.69) is 0 Å². The van der Waals surface area contributed by atoms with Gasteiger partial charge in [-0.25, -0.2) is 0 Å². The van der Waals surface area contributed by atoms with Gasteiger partial charge < -0.3 is 8.85 Å². The van der Waals surface area contributed by atoms with Crippen LogP contribution in [0.2, 0.25) is 0 Å². The van der Waals surface area contributed by atoms with Crippen molar-refractivity contribution in [3.63, 3.8) is 0 Å². The largest absolute Gasteiger partial charge is 0.395 e. The molecule has 0 aromatic heterocycles. The molecule has 22 aliphatic rings. The molecule has 0 amide bonds. The number of hydrogen-bond acceptors (Lipinski definition) is 2. The van der Waals surface area contributed by atoms with Crippen LogP contribution < -0.4 is 0 Å². The lowest BCUT2D eigenvalue weighted by atomic mass is 9.90. The molecule has 2 nitrogen and oxygen atoms in total. The van der Waals surface area contributed by atoms with Crippen molar-refractivity contribution in [2.45, 2.75) is 25.0 Å². The molecule has 22 aliphatic carbocycles. The zero-order chi connectivity index (χ0) is 16.0. The molecule has 0 aromatic rings. The lowest BCUT2D eigenvalue weighted by Gasteiger charge is -2.19. The van der Waals surface area contributed by atoms with E-state index in [1.54, 1.807) is 12.8 Å². The summed E-state index contributed by atoms with van der Waals surface area (Å²) in [6.45, 7) is 0. The standard InChI is InChI=1S/C26H12O2Si/c1-3-9(1)13(3)17(9)21(13)23-15-5-7(11(5,15)19(15,23)25(17,21)23)27-29-28-8-6-12(8)16(6)20(12)24(16)22-14-4-2-10(4,14)18(14,22)26(20,22)24/h3-8H,1-2,29H2. The van der Waals surface area contributed by atoms with Gasteiger partial charge in [-0.15, -0.1) is 0 Å². The van der Waals surface area contributed by atoms with Gasteiger partial charge in [-0.3, -0.25) is 0 Å². The molecule has 24 atom stereocenters. The molecule has 0 bridgehead atoms. The summed E-state index contributed by atoms with van der Waals surface area (Å²) in [6, 6.07) is 0. The Morgan fingerprint density at radius 1 is 0.517 bits per heavy atom. The maximum absolute atomic E-state index is 6.61. The van der Waals surface area contributed by atoms with Gasteiger partial charge in [0.2, 0.25) is 0 Å². The second-order valence-electron chi connectivity index (χ2n) is 18.2. The molecule has 0 N–H and O–H groups in total. The Kier molecular flexibility index (Phi) is 0.381. The van der Waals surface area contributed by atoms with Crippen molar-refractivity contribution in [3.05, 3.63) is 0 Å². The van der Waals surface area contributed by atoms with Gasteiger partial charge in [-0.1, -0.05) is 0 Å². The van der Waals surface area contributed by atoms with Crippen molar-refractivity contribution in [3.8, 4) is 0 Å². The highest BCUT2D eigenvalue weighted by molar-refractivity contribution is 6.25. The van der Waals surface area contributed by atoms with Gasteiger partial charge >= 0.3 is 10.0 Å². The third-order valence-corrected chi connectivity index (χ3v) is 24.3. The predicted molar refractivity (Wildman–Crippen MR) is 85.3 cm³/mol. The van der Waals surface area contributed by atoms with Gasteiger partial charge in [0.25, 0.3) is 0 Å². The highest BCUT2D eigenvalue weighted by Gasteiger charge is 3.79. The minimum Gasteiger partial charge on any atom is -0.395 e. The zero-order valence-electron chi connectivity index (χ0n) is 15.4. The third kappa shape index (κ3) is 0.200. The zero-order valence-corrected chi connectivity index (χ0v) is 16.8. The number of rotatable bonds is 4. The summed E-state index contributed by atoms with van der Waals surface area (Å²) in [6.07, 6.45) is 4.94. The van der Waals surface area contributed by atoms with E-state index in [1.165, 1.54) is 11.8 Å². The average Bonchev–Trinajstić information content (AvgIpc) is 3.44. The minimum absolute atomic E-state index is 0.657. The highest BCUT2D eigenvalue weighted by atomic mass is 28.3. The van der Waals surface area contributed by atoms with Gasteiger partial charge in [-0.2, -0.15) is 0 Å². The van der Waals surface area contributed by atoms with E-state index in [4.69, 9.17) is 8.85 Å². The maximum Gasteiger partial charge on any atom is 0.305 e. The fourth-order valence-corrected chi connectivity index (χ4v) is 27.7. The summed E-state index contributed by atoms with van der Waals surface area (Å²) in [5.74, 6) is 4.88. The van der Waals surface area contributed by atoms with Crippen LogP contribution in [-0.4, -0.2) is 22.2 Å². The Hall–Kier alpha value is 0.137. The Morgan fingerprint density at radius 3 is 1.45 bits per heavy atom. The van der Waals surface area contributed by atoms with Crippen molar-refractivity contribution in [2.24, 2.45) is 121 Å². The van der Waals surface area contributed by atoms with Crippen LogP contribution in [-0.2, 0) is 8.85 Å². The van der Waals surface area contributed by atoms with Crippen molar-refractivity contribution in [1.29, 1.82) is 0 Å². The second kappa shape index (κ2) is 1.20. The molecule has 3 heteroatoms. The smallest absolute Gasteiger partial charge is 0.305 e. The summed E-state index contributed by atoms with van der Waals surface area (Å²) in [4.78, 5) is 0. The molecular formula is C26H12O2Si. The monoisotopic (exact) mass is 384 g/mol.